The molecule has 1 saturated carbocycles. The summed E-state index contributed by atoms with van der Waals surface area (Å²) in [5.41, 5.74) is 0.421. The van der Waals surface area contributed by atoms with Crippen LogP contribution in [-0.4, -0.2) is 36.0 Å². The van der Waals surface area contributed by atoms with Crippen molar-refractivity contribution in [2.75, 3.05) is 6.54 Å². The standard InChI is InChI=1S/C26H45N3O3/c1-9-10-11-18-14-19(29-26(6,7)8)12-13-21(18)28-23(30)16-27-24(31)20-15-22(25(3,4)5)32-17(20)2/h15,18-19,21,29H,9-14,16H2,1-8H3,(H,27,31)(H,28,30)/t18-,19+,21-/m0/s1. The minimum absolute atomic E-state index is 0.0189. The maximum absolute atomic E-state index is 12.7. The lowest BCUT2D eigenvalue weighted by atomic mass is 9.78. The molecule has 0 aromatic carbocycles. The molecule has 6 nitrogen and oxygen atoms in total. The highest BCUT2D eigenvalue weighted by Crippen LogP contribution is 2.30. The summed E-state index contributed by atoms with van der Waals surface area (Å²) in [6, 6.07) is 2.45. The van der Waals surface area contributed by atoms with Crippen molar-refractivity contribution in [2.45, 2.75) is 117 Å². The van der Waals surface area contributed by atoms with Gasteiger partial charge in [0.05, 0.1) is 12.1 Å². The molecule has 0 radical (unpaired) electrons. The van der Waals surface area contributed by atoms with Gasteiger partial charge in [0.15, 0.2) is 0 Å². The van der Waals surface area contributed by atoms with Gasteiger partial charge in [0.25, 0.3) is 5.91 Å². The molecule has 6 heteroatoms. The molecule has 0 aliphatic heterocycles. The molecule has 2 amide bonds. The van der Waals surface area contributed by atoms with Crippen molar-refractivity contribution in [1.82, 2.24) is 16.0 Å². The van der Waals surface area contributed by atoms with Gasteiger partial charge in [-0.25, -0.2) is 0 Å². The Morgan fingerprint density at radius 2 is 1.81 bits per heavy atom. The van der Waals surface area contributed by atoms with Crippen molar-refractivity contribution in [3.05, 3.63) is 23.2 Å². The Labute approximate surface area is 194 Å². The Hall–Kier alpha value is -1.82. The van der Waals surface area contributed by atoms with Crippen LogP contribution >= 0.6 is 0 Å². The lowest BCUT2D eigenvalue weighted by Crippen LogP contribution is -2.52. The van der Waals surface area contributed by atoms with E-state index < -0.39 is 0 Å². The SMILES string of the molecule is CCCC[C@H]1C[C@H](NC(C)(C)C)CC[C@@H]1NC(=O)CNC(=O)c1cc(C(C)(C)C)oc1C. The van der Waals surface area contributed by atoms with E-state index in [0.717, 1.165) is 37.9 Å². The summed E-state index contributed by atoms with van der Waals surface area (Å²) < 4.78 is 5.76. The van der Waals surface area contributed by atoms with Gasteiger partial charge in [-0.3, -0.25) is 9.59 Å². The largest absolute Gasteiger partial charge is 0.465 e. The number of carbonyl (C=O) groups excluding carboxylic acids is 2. The number of hydrogen-bond donors (Lipinski definition) is 3. The number of aryl methyl sites for hydroxylation is 1. The number of carbonyl (C=O) groups is 2. The molecule has 0 bridgehead atoms. The van der Waals surface area contributed by atoms with Gasteiger partial charge in [0.2, 0.25) is 5.91 Å². The zero-order valence-corrected chi connectivity index (χ0v) is 21.5. The molecule has 3 atom stereocenters. The lowest BCUT2D eigenvalue weighted by Gasteiger charge is -2.40. The first-order valence-corrected chi connectivity index (χ1v) is 12.3. The Morgan fingerprint density at radius 3 is 2.38 bits per heavy atom. The van der Waals surface area contributed by atoms with Crippen molar-refractivity contribution >= 4 is 11.8 Å². The van der Waals surface area contributed by atoms with Gasteiger partial charge in [0.1, 0.15) is 11.5 Å². The number of nitrogens with one attached hydrogen (secondary N) is 3. The van der Waals surface area contributed by atoms with Crippen LogP contribution in [0.4, 0.5) is 0 Å². The first-order valence-electron chi connectivity index (χ1n) is 12.3. The summed E-state index contributed by atoms with van der Waals surface area (Å²) in [5, 5.41) is 9.71. The Balaban J connectivity index is 1.92. The van der Waals surface area contributed by atoms with E-state index in [9.17, 15) is 9.59 Å². The van der Waals surface area contributed by atoms with Gasteiger partial charge >= 0.3 is 0 Å². The minimum atomic E-state index is -0.266. The van der Waals surface area contributed by atoms with Gasteiger partial charge in [-0.15, -0.1) is 0 Å². The third-order valence-corrected chi connectivity index (χ3v) is 6.21. The quantitative estimate of drug-likeness (QED) is 0.532. The molecular formula is C26H45N3O3. The summed E-state index contributed by atoms with van der Waals surface area (Å²) in [7, 11) is 0. The maximum Gasteiger partial charge on any atom is 0.255 e. The van der Waals surface area contributed by atoms with Gasteiger partial charge in [-0.2, -0.15) is 0 Å². The summed E-state index contributed by atoms with van der Waals surface area (Å²) in [6.07, 6.45) is 6.56. The molecule has 3 N–H and O–H groups in total. The third-order valence-electron chi connectivity index (χ3n) is 6.21. The zero-order chi connectivity index (χ0) is 24.1. The number of furan rings is 1. The first-order chi connectivity index (χ1) is 14.8. The van der Waals surface area contributed by atoms with Crippen LogP contribution in [0, 0.1) is 12.8 Å². The average molecular weight is 448 g/mol. The van der Waals surface area contributed by atoms with E-state index in [2.05, 4.69) is 43.6 Å². The summed E-state index contributed by atoms with van der Waals surface area (Å²) in [5.74, 6) is 1.43. The third kappa shape index (κ3) is 7.95. The Bertz CT molecular complexity index is 770. The van der Waals surface area contributed by atoms with E-state index in [0.29, 0.717) is 23.3 Å². The van der Waals surface area contributed by atoms with Crippen molar-refractivity contribution < 1.29 is 14.0 Å². The predicted octanol–water partition coefficient (Wildman–Crippen LogP) is 4.85. The fraction of sp³-hybridized carbons (Fsp3) is 0.769. The van der Waals surface area contributed by atoms with Crippen LogP contribution < -0.4 is 16.0 Å². The molecule has 1 aliphatic rings. The summed E-state index contributed by atoms with van der Waals surface area (Å²) in [6.45, 7) is 16.7. The Morgan fingerprint density at radius 1 is 1.12 bits per heavy atom. The molecule has 0 saturated heterocycles. The molecule has 0 spiro atoms. The first kappa shape index (κ1) is 26.4. The van der Waals surface area contributed by atoms with E-state index in [1.807, 2.05) is 20.8 Å². The van der Waals surface area contributed by atoms with E-state index in [1.54, 1.807) is 13.0 Å². The topological polar surface area (TPSA) is 83.4 Å². The van der Waals surface area contributed by atoms with Gasteiger partial charge < -0.3 is 20.4 Å². The highest BCUT2D eigenvalue weighted by Gasteiger charge is 2.32. The molecule has 0 unspecified atom stereocenters. The van der Waals surface area contributed by atoms with Crippen molar-refractivity contribution in [3.8, 4) is 0 Å². The molecule has 32 heavy (non-hydrogen) atoms. The highest BCUT2D eigenvalue weighted by atomic mass is 16.3. The predicted molar refractivity (Wildman–Crippen MR) is 130 cm³/mol. The second-order valence-corrected chi connectivity index (χ2v) is 11.5. The van der Waals surface area contributed by atoms with E-state index in [-0.39, 0.29) is 35.4 Å². The van der Waals surface area contributed by atoms with Crippen LogP contribution in [0.1, 0.15) is 109 Å². The van der Waals surface area contributed by atoms with Crippen LogP contribution in [0.3, 0.4) is 0 Å². The van der Waals surface area contributed by atoms with Gasteiger partial charge in [-0.1, -0.05) is 40.5 Å². The molecule has 1 aromatic heterocycles. The van der Waals surface area contributed by atoms with Crippen molar-refractivity contribution in [3.63, 3.8) is 0 Å². The summed E-state index contributed by atoms with van der Waals surface area (Å²) >= 11 is 0. The molecule has 1 aliphatic carbocycles. The molecule has 182 valence electrons. The number of unbranched alkanes of at least 4 members (excludes halogenated alkanes) is 1. The van der Waals surface area contributed by atoms with Crippen LogP contribution in [0.15, 0.2) is 10.5 Å². The van der Waals surface area contributed by atoms with Crippen LogP contribution in [0.25, 0.3) is 0 Å². The second-order valence-electron chi connectivity index (χ2n) is 11.5. The second kappa shape index (κ2) is 10.9. The molecule has 2 rings (SSSR count). The number of amides is 2. The van der Waals surface area contributed by atoms with Gasteiger partial charge in [0, 0.05) is 23.0 Å². The van der Waals surface area contributed by atoms with Gasteiger partial charge in [-0.05, 0) is 65.4 Å². The highest BCUT2D eigenvalue weighted by molar-refractivity contribution is 5.97. The number of rotatable bonds is 8. The monoisotopic (exact) mass is 447 g/mol. The summed E-state index contributed by atoms with van der Waals surface area (Å²) in [4.78, 5) is 25.3. The normalized spacial score (nSPS) is 21.9. The van der Waals surface area contributed by atoms with Crippen molar-refractivity contribution in [1.29, 1.82) is 0 Å². The van der Waals surface area contributed by atoms with E-state index >= 15 is 0 Å². The van der Waals surface area contributed by atoms with Crippen LogP contribution in [0.2, 0.25) is 0 Å². The van der Waals surface area contributed by atoms with E-state index in [1.165, 1.54) is 6.42 Å². The van der Waals surface area contributed by atoms with Crippen LogP contribution in [0.5, 0.6) is 0 Å². The minimum Gasteiger partial charge on any atom is -0.465 e. The zero-order valence-electron chi connectivity index (χ0n) is 21.5. The fourth-order valence-electron chi connectivity index (χ4n) is 4.57. The maximum atomic E-state index is 12.7. The Kier molecular flexibility index (Phi) is 8.98. The van der Waals surface area contributed by atoms with E-state index in [4.69, 9.17) is 4.42 Å². The number of hydrogen-bond acceptors (Lipinski definition) is 4. The molecule has 1 heterocycles. The van der Waals surface area contributed by atoms with Crippen LogP contribution in [-0.2, 0) is 10.2 Å². The molecule has 1 fully saturated rings. The fourth-order valence-corrected chi connectivity index (χ4v) is 4.57. The molecular weight excluding hydrogens is 402 g/mol. The smallest absolute Gasteiger partial charge is 0.255 e. The van der Waals surface area contributed by atoms with Crippen molar-refractivity contribution in [2.24, 2.45) is 5.92 Å². The molecule has 1 aromatic rings. The lowest BCUT2D eigenvalue weighted by molar-refractivity contribution is -0.121. The average Bonchev–Trinajstić information content (AvgIpc) is 3.07.